The SMILES string of the molecule is COC(=O)[C@H](CCc1c(OC)c(=O)c1=O)NC(=O)c1ccc(Nc2nc(NC3(c4ccc(Cl)cc4)CC3)nc(OCC(F)(F)F)n2)cc1.COC(=O)[C@H](CN)NC(=O)c1ccc(Nc2nc(NC3(c4ccc(Cl)cc4)CC3)nc(OCC(F)(F)F)n2)cc1. The molecule has 24 nitrogen and oxygen atoms in total. The van der Waals surface area contributed by atoms with Gasteiger partial charge in [0.05, 0.1) is 38.0 Å². The maximum atomic E-state index is 13.0. The molecule has 7 aromatic rings. The van der Waals surface area contributed by atoms with Gasteiger partial charge in [-0.1, -0.05) is 47.5 Å². The number of rotatable bonds is 25. The number of carbonyl (C=O) groups is 4. The van der Waals surface area contributed by atoms with Crippen molar-refractivity contribution < 1.29 is 69.2 Å². The normalized spacial score (nSPS) is 14.3. The molecule has 2 aliphatic rings. The molecule has 0 spiro atoms. The summed E-state index contributed by atoms with van der Waals surface area (Å²) in [6.07, 6.45) is -6.35. The first kappa shape index (κ1) is 64.6. The fourth-order valence-electron chi connectivity index (χ4n) is 8.59. The molecule has 0 saturated heterocycles. The molecule has 88 heavy (non-hydrogen) atoms. The van der Waals surface area contributed by atoms with E-state index in [0.29, 0.717) is 34.3 Å². The summed E-state index contributed by atoms with van der Waals surface area (Å²) in [6.45, 7) is -3.35. The highest BCUT2D eigenvalue weighted by Gasteiger charge is 2.46. The second-order valence-electron chi connectivity index (χ2n) is 19.7. The van der Waals surface area contributed by atoms with Gasteiger partial charge in [0.25, 0.3) is 17.2 Å². The third kappa shape index (κ3) is 17.2. The Labute approximate surface area is 505 Å². The van der Waals surface area contributed by atoms with Gasteiger partial charge in [0.1, 0.15) is 12.1 Å². The van der Waals surface area contributed by atoms with Crippen LogP contribution in [0.1, 0.15) is 69.5 Å². The number of hydrogen-bond acceptors (Lipinski definition) is 22. The Morgan fingerprint density at radius 3 is 1.31 bits per heavy atom. The van der Waals surface area contributed by atoms with Gasteiger partial charge in [-0.05, 0) is 122 Å². The molecule has 9 rings (SSSR count). The van der Waals surface area contributed by atoms with E-state index < -0.39 is 95.4 Å². The van der Waals surface area contributed by atoms with E-state index in [1.54, 1.807) is 24.3 Å². The number of alkyl halides is 6. The van der Waals surface area contributed by atoms with Gasteiger partial charge >= 0.3 is 36.3 Å². The van der Waals surface area contributed by atoms with Crippen LogP contribution >= 0.6 is 23.2 Å². The number of carbonyl (C=O) groups excluding carboxylic acids is 4. The van der Waals surface area contributed by atoms with Crippen LogP contribution in [0.3, 0.4) is 0 Å². The largest absolute Gasteiger partial charge is 0.492 e. The maximum Gasteiger partial charge on any atom is 0.422 e. The Balaban J connectivity index is 0.000000232. The van der Waals surface area contributed by atoms with Crippen LogP contribution in [0.4, 0.5) is 61.5 Å². The Hall–Kier alpha value is -9.42. The zero-order chi connectivity index (χ0) is 63.6. The van der Waals surface area contributed by atoms with Crippen molar-refractivity contribution in [1.82, 2.24) is 40.5 Å². The molecule has 2 aromatic heterocycles. The number of benzene rings is 4. The number of nitrogens with two attached hydrogens (primary N) is 1. The number of amides is 2. The summed E-state index contributed by atoms with van der Waals surface area (Å²) in [5, 5.41) is 18.2. The van der Waals surface area contributed by atoms with Crippen LogP contribution in [-0.2, 0) is 36.6 Å². The van der Waals surface area contributed by atoms with Crippen molar-refractivity contribution in [3.63, 3.8) is 0 Å². The second kappa shape index (κ2) is 27.5. The van der Waals surface area contributed by atoms with E-state index in [1.807, 2.05) is 24.3 Å². The third-order valence-electron chi connectivity index (χ3n) is 13.4. The highest BCUT2D eigenvalue weighted by atomic mass is 35.5. The third-order valence-corrected chi connectivity index (χ3v) is 13.9. The van der Waals surface area contributed by atoms with E-state index in [1.165, 1.54) is 62.8 Å². The molecule has 2 amide bonds. The van der Waals surface area contributed by atoms with Gasteiger partial charge in [-0.25, -0.2) is 9.59 Å². The van der Waals surface area contributed by atoms with Crippen LogP contribution in [0.25, 0.3) is 0 Å². The number of halogens is 8. The van der Waals surface area contributed by atoms with E-state index >= 15 is 0 Å². The number of aromatic nitrogens is 6. The van der Waals surface area contributed by atoms with E-state index in [0.717, 1.165) is 31.1 Å². The summed E-state index contributed by atoms with van der Waals surface area (Å²) in [7, 11) is 3.58. The minimum atomic E-state index is -4.63. The fourth-order valence-corrected chi connectivity index (χ4v) is 8.85. The van der Waals surface area contributed by atoms with Crippen LogP contribution in [0.5, 0.6) is 17.8 Å². The van der Waals surface area contributed by atoms with Gasteiger partial charge in [0.2, 0.25) is 29.2 Å². The Morgan fingerprint density at radius 1 is 0.557 bits per heavy atom. The van der Waals surface area contributed by atoms with Gasteiger partial charge < -0.3 is 61.3 Å². The zero-order valence-electron chi connectivity index (χ0n) is 46.5. The Bertz CT molecular complexity index is 3710. The molecular formula is C56H53Cl2F6N13O11. The topological polar surface area (TPSA) is 324 Å². The van der Waals surface area contributed by atoms with Gasteiger partial charge in [0.15, 0.2) is 19.0 Å². The van der Waals surface area contributed by atoms with Crippen molar-refractivity contribution in [1.29, 1.82) is 0 Å². The summed E-state index contributed by atoms with van der Waals surface area (Å²) >= 11 is 12.0. The standard InChI is InChI=1S/C31H28ClF3N6O7.C25H25ClF3N7O4/c1-46-24-20(22(42)23(24)43)11-12-21(26(45)47-2)37-25(44)16-3-9-19(10-4-16)36-27-38-28(40-29(39-27)48-15-31(33,34)35)41-30(13-14-30)17-5-7-18(32)8-6-17;1-39-20(38)18(12-30)32-19(37)14-2-8-17(9-3-14)31-21-33-22(35-23(34-21)40-13-25(27,28)29)36-24(10-11-24)15-4-6-16(26)7-5-15/h3-10,21H,11-15H2,1-2H3,(H,37,44)(H2,36,38,39,40,41);2-9,18H,10-13,30H2,1H3,(H,32,37)(H2,31,33,34,35,36)/t21-;18-/m00/s1. The average Bonchev–Trinajstić information content (AvgIpc) is 1.76. The molecule has 0 bridgehead atoms. The molecule has 0 aliphatic heterocycles. The number of hydrogen-bond donors (Lipinski definition) is 7. The quantitative estimate of drug-likeness (QED) is 0.0167. The van der Waals surface area contributed by atoms with E-state index in [-0.39, 0.29) is 65.6 Å². The van der Waals surface area contributed by atoms with E-state index in [4.69, 9.17) is 47.9 Å². The molecule has 2 saturated carbocycles. The van der Waals surface area contributed by atoms with Crippen molar-refractivity contribution in [3.8, 4) is 17.8 Å². The first-order valence-electron chi connectivity index (χ1n) is 26.4. The summed E-state index contributed by atoms with van der Waals surface area (Å²) in [6, 6.07) is 22.9. The number of methoxy groups -OCH3 is 3. The number of nitrogens with zero attached hydrogens (tertiary/aromatic N) is 6. The van der Waals surface area contributed by atoms with Crippen molar-refractivity contribution in [2.45, 2.75) is 74.0 Å². The van der Waals surface area contributed by atoms with Crippen molar-refractivity contribution >= 4 is 82.1 Å². The highest BCUT2D eigenvalue weighted by Crippen LogP contribution is 2.49. The first-order chi connectivity index (χ1) is 41.8. The zero-order valence-corrected chi connectivity index (χ0v) is 48.0. The average molecular weight is 1270 g/mol. The van der Waals surface area contributed by atoms with E-state index in [2.05, 4.69) is 66.5 Å². The van der Waals surface area contributed by atoms with Gasteiger partial charge in [-0.2, -0.15) is 56.2 Å². The molecule has 464 valence electrons. The maximum absolute atomic E-state index is 13.0. The number of nitrogens with one attached hydrogen (secondary N) is 6. The smallest absolute Gasteiger partial charge is 0.422 e. The van der Waals surface area contributed by atoms with E-state index in [9.17, 15) is 55.1 Å². The molecule has 2 heterocycles. The highest BCUT2D eigenvalue weighted by molar-refractivity contribution is 6.30. The molecule has 5 aromatic carbocycles. The molecule has 8 N–H and O–H groups in total. The lowest BCUT2D eigenvalue weighted by Crippen LogP contribution is -2.46. The fraction of sp³-hybridized carbons (Fsp3) is 0.321. The summed E-state index contributed by atoms with van der Waals surface area (Å²) < 4.78 is 101. The predicted molar refractivity (Wildman–Crippen MR) is 306 cm³/mol. The predicted octanol–water partition coefficient (Wildman–Crippen LogP) is 7.36. The van der Waals surface area contributed by atoms with Gasteiger partial charge in [-0.15, -0.1) is 0 Å². The lowest BCUT2D eigenvalue weighted by molar-refractivity contribution is -0.155. The summed E-state index contributed by atoms with van der Waals surface area (Å²) in [4.78, 5) is 97.5. The first-order valence-corrected chi connectivity index (χ1v) is 27.1. The lowest BCUT2D eigenvalue weighted by atomic mass is 10.00. The van der Waals surface area contributed by atoms with Gasteiger partial charge in [0, 0.05) is 39.1 Å². The van der Waals surface area contributed by atoms with Gasteiger partial charge in [-0.3, -0.25) is 19.2 Å². The molecule has 0 unspecified atom stereocenters. The second-order valence-corrected chi connectivity index (χ2v) is 20.6. The summed E-state index contributed by atoms with van der Waals surface area (Å²) in [5.41, 5.74) is 6.08. The monoisotopic (exact) mass is 1270 g/mol. The van der Waals surface area contributed by atoms with Crippen molar-refractivity contribution in [2.24, 2.45) is 5.73 Å². The molecule has 32 heteroatoms. The molecule has 2 fully saturated rings. The molecular weight excluding hydrogens is 1220 g/mol. The van der Waals surface area contributed by atoms with Crippen molar-refractivity contribution in [2.75, 3.05) is 62.4 Å². The number of ether oxygens (including phenoxy) is 5. The summed E-state index contributed by atoms with van der Waals surface area (Å²) in [5.74, 6) is -2.95. The molecule has 2 atom stereocenters. The Morgan fingerprint density at radius 2 is 0.943 bits per heavy atom. The van der Waals surface area contributed by atoms with Crippen LogP contribution in [-0.4, -0.2) is 119 Å². The Kier molecular flexibility index (Phi) is 20.2. The minimum absolute atomic E-state index is 0.00504. The number of anilines is 6. The van der Waals surface area contributed by atoms with Crippen LogP contribution in [0, 0.1) is 0 Å². The molecule has 0 radical (unpaired) electrons. The van der Waals surface area contributed by atoms with Crippen molar-refractivity contribution in [3.05, 3.63) is 155 Å². The van der Waals surface area contributed by atoms with Crippen LogP contribution in [0.15, 0.2) is 107 Å². The molecule has 2 aliphatic carbocycles. The minimum Gasteiger partial charge on any atom is -0.492 e. The van der Waals surface area contributed by atoms with Crippen LogP contribution < -0.4 is 62.7 Å². The lowest BCUT2D eigenvalue weighted by Gasteiger charge is -2.19. The number of esters is 2. The van der Waals surface area contributed by atoms with Crippen LogP contribution in [0.2, 0.25) is 10.0 Å².